The molecule has 0 aliphatic carbocycles. The molecule has 0 radical (unpaired) electrons. The molecule has 10 heteroatoms. The number of aromatic nitrogens is 5. The summed E-state index contributed by atoms with van der Waals surface area (Å²) in [6.07, 6.45) is 2.61. The molecule has 0 spiro atoms. The molecule has 0 atom stereocenters. The van der Waals surface area contributed by atoms with Crippen molar-refractivity contribution < 1.29 is 4.92 Å². The fourth-order valence-corrected chi connectivity index (χ4v) is 2.23. The van der Waals surface area contributed by atoms with Crippen LogP contribution in [0.3, 0.4) is 0 Å². The molecule has 10 nitrogen and oxygen atoms in total. The van der Waals surface area contributed by atoms with Gasteiger partial charge in [0.2, 0.25) is 0 Å². The molecule has 0 bridgehead atoms. The molecule has 0 unspecified atom stereocenters. The average molecular weight is 341 g/mol. The van der Waals surface area contributed by atoms with Gasteiger partial charge in [0.15, 0.2) is 0 Å². The van der Waals surface area contributed by atoms with Crippen molar-refractivity contribution in [3.63, 3.8) is 0 Å². The maximum Gasteiger partial charge on any atom is 0.298 e. The molecule has 128 valence electrons. The molecule has 0 saturated heterocycles. The van der Waals surface area contributed by atoms with Crippen LogP contribution >= 0.6 is 0 Å². The highest BCUT2D eigenvalue weighted by Gasteiger charge is 2.24. The predicted molar refractivity (Wildman–Crippen MR) is 89.8 cm³/mol. The van der Waals surface area contributed by atoms with Crippen molar-refractivity contribution >= 4 is 17.7 Å². The smallest absolute Gasteiger partial charge is 0.265 e. The first-order valence-electron chi connectivity index (χ1n) is 7.40. The number of nitrogens with zero attached hydrogens (tertiary/aromatic N) is 7. The largest absolute Gasteiger partial charge is 0.298 e. The Hall–Kier alpha value is -3.43. The minimum Gasteiger partial charge on any atom is -0.265 e. The second kappa shape index (κ2) is 5.89. The number of nitro groups is 1. The second-order valence-electron chi connectivity index (χ2n) is 6.35. The summed E-state index contributed by atoms with van der Waals surface area (Å²) in [6.45, 7) is 5.55. The Labute approximate surface area is 141 Å². The van der Waals surface area contributed by atoms with E-state index in [9.17, 15) is 14.9 Å². The molecular weight excluding hydrogens is 326 g/mol. The third kappa shape index (κ3) is 3.01. The second-order valence-corrected chi connectivity index (χ2v) is 6.35. The molecule has 25 heavy (non-hydrogen) atoms. The molecule has 0 fully saturated rings. The first kappa shape index (κ1) is 16.4. The summed E-state index contributed by atoms with van der Waals surface area (Å²) in [7, 11) is 0. The van der Waals surface area contributed by atoms with Crippen LogP contribution < -0.4 is 5.56 Å². The summed E-state index contributed by atoms with van der Waals surface area (Å²) in [5, 5.41) is 27.0. The highest BCUT2D eigenvalue weighted by Crippen LogP contribution is 2.17. The summed E-state index contributed by atoms with van der Waals surface area (Å²) >= 11 is 0. The van der Waals surface area contributed by atoms with Crippen LogP contribution in [0.15, 0.2) is 40.5 Å². The highest BCUT2D eigenvalue weighted by atomic mass is 16.6. The van der Waals surface area contributed by atoms with E-state index in [1.165, 1.54) is 23.1 Å². The van der Waals surface area contributed by atoms with Crippen LogP contribution in [-0.4, -0.2) is 35.6 Å². The number of fused-ring (bicyclic) bond motifs is 1. The van der Waals surface area contributed by atoms with E-state index in [1.807, 2.05) is 20.8 Å². The van der Waals surface area contributed by atoms with Gasteiger partial charge in [-0.3, -0.25) is 14.9 Å². The van der Waals surface area contributed by atoms with Gasteiger partial charge >= 0.3 is 0 Å². The number of hydrogen-bond acceptors (Lipinski definition) is 7. The van der Waals surface area contributed by atoms with Gasteiger partial charge in [-0.05, 0) is 6.07 Å². The summed E-state index contributed by atoms with van der Waals surface area (Å²) in [5.74, 6) is 0.118. The molecule has 3 aromatic rings. The van der Waals surface area contributed by atoms with E-state index in [1.54, 1.807) is 18.2 Å². The Morgan fingerprint density at radius 2 is 2.00 bits per heavy atom. The molecule has 0 saturated carbocycles. The maximum absolute atomic E-state index is 12.7. The van der Waals surface area contributed by atoms with Crippen LogP contribution in [0.1, 0.15) is 32.0 Å². The van der Waals surface area contributed by atoms with Crippen molar-refractivity contribution in [2.75, 3.05) is 0 Å². The molecule has 2 heterocycles. The Morgan fingerprint density at radius 1 is 1.28 bits per heavy atom. The molecule has 0 aliphatic rings. The zero-order valence-electron chi connectivity index (χ0n) is 13.8. The van der Waals surface area contributed by atoms with E-state index < -0.39 is 15.9 Å². The van der Waals surface area contributed by atoms with E-state index >= 15 is 0 Å². The van der Waals surface area contributed by atoms with Gasteiger partial charge in [0.1, 0.15) is 12.0 Å². The van der Waals surface area contributed by atoms with Crippen molar-refractivity contribution in [2.24, 2.45) is 5.10 Å². The average Bonchev–Trinajstić information content (AvgIpc) is 3.01. The molecular formula is C15H15N7O3. The van der Waals surface area contributed by atoms with Crippen molar-refractivity contribution in [1.29, 1.82) is 0 Å². The fourth-order valence-electron chi connectivity index (χ4n) is 2.23. The fraction of sp³-hybridized carbons (Fsp3) is 0.267. The minimum atomic E-state index is -0.522. The molecule has 1 aromatic carbocycles. The Morgan fingerprint density at radius 3 is 2.68 bits per heavy atom. The zero-order chi connectivity index (χ0) is 18.2. The molecule has 2 aromatic heterocycles. The zero-order valence-corrected chi connectivity index (χ0v) is 13.8. The predicted octanol–water partition coefficient (Wildman–Crippen LogP) is 1.37. The lowest BCUT2D eigenvalue weighted by atomic mass is 9.93. The summed E-state index contributed by atoms with van der Waals surface area (Å²) in [5.41, 5.74) is -0.540. The van der Waals surface area contributed by atoms with Crippen molar-refractivity contribution in [3.05, 3.63) is 62.3 Å². The van der Waals surface area contributed by atoms with Crippen molar-refractivity contribution in [2.45, 2.75) is 26.2 Å². The number of rotatable bonds is 3. The van der Waals surface area contributed by atoms with Gasteiger partial charge in [-0.2, -0.15) is 19.4 Å². The van der Waals surface area contributed by atoms with E-state index in [0.29, 0.717) is 0 Å². The van der Waals surface area contributed by atoms with Gasteiger partial charge in [0, 0.05) is 11.5 Å². The molecule has 0 amide bonds. The highest BCUT2D eigenvalue weighted by molar-refractivity contribution is 5.85. The van der Waals surface area contributed by atoms with E-state index in [0.717, 1.165) is 4.68 Å². The van der Waals surface area contributed by atoms with E-state index in [4.69, 9.17) is 0 Å². The lowest BCUT2D eigenvalue weighted by molar-refractivity contribution is -0.385. The van der Waals surface area contributed by atoms with Crippen LogP contribution in [-0.2, 0) is 5.41 Å². The third-order valence-corrected chi connectivity index (χ3v) is 3.46. The Balaban J connectivity index is 2.20. The van der Waals surface area contributed by atoms with Crippen LogP contribution in [0, 0.1) is 10.1 Å². The SMILES string of the molecule is CC(C)(C)c1nn2cnnc2n(/N=C\c2ccccc2[N+](=O)[O-])c1=O. The van der Waals surface area contributed by atoms with Gasteiger partial charge in [0.25, 0.3) is 17.0 Å². The van der Waals surface area contributed by atoms with Crippen molar-refractivity contribution in [1.82, 2.24) is 24.5 Å². The quantitative estimate of drug-likeness (QED) is 0.403. The Kier molecular flexibility index (Phi) is 3.87. The Bertz CT molecular complexity index is 1040. The van der Waals surface area contributed by atoms with E-state index in [-0.39, 0.29) is 22.7 Å². The van der Waals surface area contributed by atoms with Crippen LogP contribution in [0.2, 0.25) is 0 Å². The lowest BCUT2D eigenvalue weighted by Crippen LogP contribution is -2.33. The first-order chi connectivity index (χ1) is 11.8. The molecule has 3 rings (SSSR count). The first-order valence-corrected chi connectivity index (χ1v) is 7.40. The standard InChI is InChI=1S/C15H15N7O3/c1-15(2,3)12-13(23)21(14-18-16-9-20(14)19-12)17-8-10-6-4-5-7-11(10)22(24)25/h4-9H,1-3H3/b17-8-. The van der Waals surface area contributed by atoms with Gasteiger partial charge in [-0.1, -0.05) is 32.9 Å². The van der Waals surface area contributed by atoms with Gasteiger partial charge in [-0.25, -0.2) is 0 Å². The van der Waals surface area contributed by atoms with E-state index in [2.05, 4.69) is 20.4 Å². The molecule has 0 N–H and O–H groups in total. The number of para-hydroxylation sites is 1. The number of nitro benzene ring substituents is 1. The number of benzene rings is 1. The minimum absolute atomic E-state index is 0.109. The van der Waals surface area contributed by atoms with Gasteiger partial charge < -0.3 is 0 Å². The third-order valence-electron chi connectivity index (χ3n) is 3.46. The normalized spacial score (nSPS) is 12.1. The lowest BCUT2D eigenvalue weighted by Gasteiger charge is -2.16. The van der Waals surface area contributed by atoms with Gasteiger partial charge in [-0.15, -0.1) is 10.2 Å². The van der Waals surface area contributed by atoms with Crippen LogP contribution in [0.4, 0.5) is 5.69 Å². The summed E-state index contributed by atoms with van der Waals surface area (Å²) < 4.78 is 2.38. The monoisotopic (exact) mass is 341 g/mol. The number of hydrogen-bond donors (Lipinski definition) is 0. The van der Waals surface area contributed by atoms with Crippen LogP contribution in [0.25, 0.3) is 5.78 Å². The van der Waals surface area contributed by atoms with Crippen molar-refractivity contribution in [3.8, 4) is 0 Å². The summed E-state index contributed by atoms with van der Waals surface area (Å²) in [6, 6.07) is 6.11. The molecule has 0 aliphatic heterocycles. The van der Waals surface area contributed by atoms with Crippen LogP contribution in [0.5, 0.6) is 0 Å². The van der Waals surface area contributed by atoms with Gasteiger partial charge in [0.05, 0.1) is 16.7 Å². The summed E-state index contributed by atoms with van der Waals surface area (Å²) in [4.78, 5) is 23.3. The topological polar surface area (TPSA) is 121 Å². The maximum atomic E-state index is 12.7.